The van der Waals surface area contributed by atoms with E-state index in [2.05, 4.69) is 16.8 Å². The molecule has 1 aliphatic rings. The zero-order valence-electron chi connectivity index (χ0n) is 18.3. The molecular weight excluding hydrogens is 422 g/mol. The number of aryl methyl sites for hydroxylation is 1. The number of carbonyl (C=O) groups excluding carboxylic acids is 2. The number of halogens is 1. The number of benzene rings is 2. The van der Waals surface area contributed by atoms with Crippen molar-refractivity contribution in [1.29, 1.82) is 0 Å². The fraction of sp³-hybridized carbons (Fsp3) is 0.231. The molecule has 0 unspecified atom stereocenters. The molecule has 0 atom stereocenters. The van der Waals surface area contributed by atoms with Crippen LogP contribution in [0.5, 0.6) is 0 Å². The van der Waals surface area contributed by atoms with Gasteiger partial charge < -0.3 is 14.8 Å². The zero-order valence-corrected chi connectivity index (χ0v) is 19.1. The number of amides is 1. The molecule has 0 bridgehead atoms. The highest BCUT2D eigenvalue weighted by atomic mass is 35.5. The second kappa shape index (κ2) is 9.05. The second-order valence-corrected chi connectivity index (χ2v) is 8.48. The average Bonchev–Trinajstić information content (AvgIpc) is 3.42. The Hall–Kier alpha value is -3.31. The minimum absolute atomic E-state index is 0.0830. The van der Waals surface area contributed by atoms with E-state index in [1.807, 2.05) is 60.9 Å². The summed E-state index contributed by atoms with van der Waals surface area (Å²) >= 11 is 6.03. The summed E-state index contributed by atoms with van der Waals surface area (Å²) in [6, 6.07) is 15.0. The highest BCUT2D eigenvalue weighted by Crippen LogP contribution is 2.32. The number of nitrogens with zero attached hydrogens (tertiary/aromatic N) is 2. The van der Waals surface area contributed by atoms with Gasteiger partial charge in [-0.3, -0.25) is 9.59 Å². The van der Waals surface area contributed by atoms with Crippen LogP contribution in [0.25, 0.3) is 5.69 Å². The van der Waals surface area contributed by atoms with Crippen molar-refractivity contribution in [2.24, 2.45) is 0 Å². The SMILES string of the molecule is C=CC(=O)Nc1cc(C(=O)c2cc(C)n(-c3ccc(Cl)cc3)c2C)ccc1N1CCCC1. The third kappa shape index (κ3) is 4.21. The average molecular weight is 448 g/mol. The van der Waals surface area contributed by atoms with Crippen LogP contribution in [0.15, 0.2) is 61.2 Å². The van der Waals surface area contributed by atoms with Gasteiger partial charge in [0.25, 0.3) is 0 Å². The number of aromatic nitrogens is 1. The summed E-state index contributed by atoms with van der Waals surface area (Å²) in [5, 5.41) is 3.54. The largest absolute Gasteiger partial charge is 0.370 e. The molecule has 1 N–H and O–H groups in total. The molecule has 0 spiro atoms. The maximum absolute atomic E-state index is 13.5. The van der Waals surface area contributed by atoms with Gasteiger partial charge in [-0.15, -0.1) is 0 Å². The summed E-state index contributed by atoms with van der Waals surface area (Å²) in [4.78, 5) is 27.7. The van der Waals surface area contributed by atoms with Gasteiger partial charge in [-0.05, 0) is 81.3 Å². The number of nitrogens with one attached hydrogen (secondary N) is 1. The first-order chi connectivity index (χ1) is 15.4. The van der Waals surface area contributed by atoms with E-state index in [-0.39, 0.29) is 11.7 Å². The molecule has 4 rings (SSSR count). The van der Waals surface area contributed by atoms with Crippen LogP contribution in [0.3, 0.4) is 0 Å². The Morgan fingerprint density at radius 1 is 1.03 bits per heavy atom. The van der Waals surface area contributed by atoms with Crippen LogP contribution in [-0.2, 0) is 4.79 Å². The first-order valence-corrected chi connectivity index (χ1v) is 11.1. The molecule has 6 heteroatoms. The zero-order chi connectivity index (χ0) is 22.8. The molecule has 1 fully saturated rings. The lowest BCUT2D eigenvalue weighted by Gasteiger charge is -2.22. The molecule has 1 amide bonds. The maximum Gasteiger partial charge on any atom is 0.247 e. The minimum atomic E-state index is -0.295. The van der Waals surface area contributed by atoms with Crippen LogP contribution in [0, 0.1) is 13.8 Å². The Labute approximate surface area is 193 Å². The number of ketones is 1. The number of rotatable bonds is 6. The fourth-order valence-electron chi connectivity index (χ4n) is 4.33. The van der Waals surface area contributed by atoms with E-state index in [1.165, 1.54) is 6.08 Å². The summed E-state index contributed by atoms with van der Waals surface area (Å²) in [6.45, 7) is 9.33. The second-order valence-electron chi connectivity index (χ2n) is 8.05. The van der Waals surface area contributed by atoms with Crippen molar-refractivity contribution in [1.82, 2.24) is 4.57 Å². The number of carbonyl (C=O) groups is 2. The summed E-state index contributed by atoms with van der Waals surface area (Å²) in [5.41, 5.74) is 5.50. The Bertz CT molecular complexity index is 1190. The van der Waals surface area contributed by atoms with Gasteiger partial charge in [-0.2, -0.15) is 0 Å². The number of hydrogen-bond acceptors (Lipinski definition) is 3. The van der Waals surface area contributed by atoms with Crippen LogP contribution < -0.4 is 10.2 Å². The van der Waals surface area contributed by atoms with Crippen LogP contribution in [0.2, 0.25) is 5.02 Å². The van der Waals surface area contributed by atoms with Crippen LogP contribution in [0.1, 0.15) is 40.2 Å². The molecule has 0 saturated carbocycles. The molecule has 1 saturated heterocycles. The van der Waals surface area contributed by atoms with Crippen molar-refractivity contribution in [2.45, 2.75) is 26.7 Å². The van der Waals surface area contributed by atoms with Crippen molar-refractivity contribution in [3.8, 4) is 5.69 Å². The lowest BCUT2D eigenvalue weighted by molar-refractivity contribution is -0.111. The van der Waals surface area contributed by atoms with Gasteiger partial charge in [0, 0.05) is 46.3 Å². The molecule has 32 heavy (non-hydrogen) atoms. The van der Waals surface area contributed by atoms with Gasteiger partial charge >= 0.3 is 0 Å². The predicted octanol–water partition coefficient (Wildman–Crippen LogP) is 5.70. The monoisotopic (exact) mass is 447 g/mol. The Morgan fingerprint density at radius 3 is 2.38 bits per heavy atom. The Balaban J connectivity index is 1.72. The van der Waals surface area contributed by atoms with E-state index in [9.17, 15) is 9.59 Å². The predicted molar refractivity (Wildman–Crippen MR) is 130 cm³/mol. The van der Waals surface area contributed by atoms with Crippen molar-refractivity contribution in [2.75, 3.05) is 23.3 Å². The first-order valence-electron chi connectivity index (χ1n) is 10.7. The Morgan fingerprint density at radius 2 is 1.72 bits per heavy atom. The van der Waals surface area contributed by atoms with Gasteiger partial charge in [0.1, 0.15) is 0 Å². The van der Waals surface area contributed by atoms with Crippen molar-refractivity contribution < 1.29 is 9.59 Å². The van der Waals surface area contributed by atoms with E-state index in [4.69, 9.17) is 11.6 Å². The van der Waals surface area contributed by atoms with E-state index >= 15 is 0 Å². The number of hydrogen-bond donors (Lipinski definition) is 1. The van der Waals surface area contributed by atoms with E-state index in [1.54, 1.807) is 6.07 Å². The molecule has 2 heterocycles. The van der Waals surface area contributed by atoms with Gasteiger partial charge in [-0.25, -0.2) is 0 Å². The smallest absolute Gasteiger partial charge is 0.247 e. The van der Waals surface area contributed by atoms with E-state index in [0.717, 1.165) is 48.7 Å². The maximum atomic E-state index is 13.5. The standard InChI is InChI=1S/C26H26ClN3O2/c1-4-25(31)28-23-16-19(7-12-24(23)29-13-5-6-14-29)26(32)22-15-17(2)30(18(22)3)21-10-8-20(27)9-11-21/h4,7-12,15-16H,1,5-6,13-14H2,2-3H3,(H,28,31). The van der Waals surface area contributed by atoms with Crippen LogP contribution in [0.4, 0.5) is 11.4 Å². The van der Waals surface area contributed by atoms with Gasteiger partial charge in [0.05, 0.1) is 11.4 Å². The topological polar surface area (TPSA) is 54.3 Å². The van der Waals surface area contributed by atoms with Crippen molar-refractivity contribution in [3.63, 3.8) is 0 Å². The van der Waals surface area contributed by atoms with Crippen LogP contribution in [-0.4, -0.2) is 29.3 Å². The van der Waals surface area contributed by atoms with E-state index in [0.29, 0.717) is 21.8 Å². The van der Waals surface area contributed by atoms with Crippen LogP contribution >= 0.6 is 11.6 Å². The molecule has 1 aliphatic heterocycles. The van der Waals surface area contributed by atoms with Gasteiger partial charge in [0.2, 0.25) is 5.91 Å². The highest BCUT2D eigenvalue weighted by molar-refractivity contribution is 6.30. The summed E-state index contributed by atoms with van der Waals surface area (Å²) in [6.07, 6.45) is 3.47. The van der Waals surface area contributed by atoms with Gasteiger partial charge in [-0.1, -0.05) is 18.2 Å². The summed E-state index contributed by atoms with van der Waals surface area (Å²) < 4.78 is 2.04. The third-order valence-electron chi connectivity index (χ3n) is 5.91. The lowest BCUT2D eigenvalue weighted by atomic mass is 10.0. The lowest BCUT2D eigenvalue weighted by Crippen LogP contribution is -2.21. The fourth-order valence-corrected chi connectivity index (χ4v) is 4.46. The number of anilines is 2. The molecule has 2 aromatic carbocycles. The molecule has 3 aromatic rings. The molecular formula is C26H26ClN3O2. The highest BCUT2D eigenvalue weighted by Gasteiger charge is 2.22. The van der Waals surface area contributed by atoms with Crippen molar-refractivity contribution in [3.05, 3.63) is 88.7 Å². The molecule has 5 nitrogen and oxygen atoms in total. The quantitative estimate of drug-likeness (QED) is 0.389. The Kier molecular flexibility index (Phi) is 6.19. The molecule has 1 aromatic heterocycles. The molecule has 0 radical (unpaired) electrons. The first kappa shape index (κ1) is 21.9. The van der Waals surface area contributed by atoms with Gasteiger partial charge in [0.15, 0.2) is 5.78 Å². The van der Waals surface area contributed by atoms with Crippen molar-refractivity contribution >= 4 is 34.7 Å². The molecule has 0 aliphatic carbocycles. The third-order valence-corrected chi connectivity index (χ3v) is 6.16. The van der Waals surface area contributed by atoms with E-state index < -0.39 is 0 Å². The summed E-state index contributed by atoms with van der Waals surface area (Å²) in [7, 11) is 0. The minimum Gasteiger partial charge on any atom is -0.370 e. The molecule has 164 valence electrons. The normalized spacial score (nSPS) is 13.3. The summed E-state index contributed by atoms with van der Waals surface area (Å²) in [5.74, 6) is -0.378.